The van der Waals surface area contributed by atoms with Crippen LogP contribution in [0.15, 0.2) is 52.3 Å². The molecule has 1 saturated heterocycles. The molecule has 0 saturated carbocycles. The lowest BCUT2D eigenvalue weighted by molar-refractivity contribution is -0.130. The third kappa shape index (κ3) is 4.83. The number of likely N-dealkylation sites (tertiary alicyclic amines) is 1. The van der Waals surface area contributed by atoms with Gasteiger partial charge in [0.15, 0.2) is 0 Å². The lowest BCUT2D eigenvalue weighted by atomic mass is 9.93. The summed E-state index contributed by atoms with van der Waals surface area (Å²) in [5.41, 5.74) is 2.79. The van der Waals surface area contributed by atoms with E-state index < -0.39 is 0 Å². The monoisotopic (exact) mass is 446 g/mol. The van der Waals surface area contributed by atoms with Crippen LogP contribution in [-0.2, 0) is 16.8 Å². The molecule has 6 heteroatoms. The first-order valence-corrected chi connectivity index (χ1v) is 12.0. The van der Waals surface area contributed by atoms with Crippen LogP contribution < -0.4 is 0 Å². The molecule has 1 fully saturated rings. The molecule has 166 valence electrons. The van der Waals surface area contributed by atoms with Gasteiger partial charge in [-0.1, -0.05) is 38.6 Å². The molecule has 0 atom stereocenters. The second-order valence-electron chi connectivity index (χ2n) is 9.64. The maximum Gasteiger partial charge on any atom is 0.219 e. The average molecular weight is 447 g/mol. The van der Waals surface area contributed by atoms with Crippen molar-refractivity contribution in [1.82, 2.24) is 14.5 Å². The third-order valence-electron chi connectivity index (χ3n) is 6.09. The van der Waals surface area contributed by atoms with E-state index in [0.29, 0.717) is 11.5 Å². The fourth-order valence-electron chi connectivity index (χ4n) is 4.38. The van der Waals surface area contributed by atoms with Gasteiger partial charge in [-0.05, 0) is 55.2 Å². The van der Waals surface area contributed by atoms with Crippen LogP contribution in [0.4, 0.5) is 0 Å². The summed E-state index contributed by atoms with van der Waals surface area (Å²) in [5.74, 6) is 1.83. The standard InChI is InChI=1S/C26H30N4OS/c1-18(31)29-12-10-19(11-13-29)17-30-24-9-8-22(15-23(24)28-25(30)26(2,3)4)32-21-7-5-6-20(14-21)16-27/h5-9,14-15,19H,10-13,17H2,1-4H3. The number of rotatable bonds is 4. The molecule has 1 aromatic heterocycles. The first-order chi connectivity index (χ1) is 15.2. The molecule has 4 rings (SSSR count). The quantitative estimate of drug-likeness (QED) is 0.522. The van der Waals surface area contributed by atoms with E-state index in [-0.39, 0.29) is 11.3 Å². The van der Waals surface area contributed by atoms with E-state index in [9.17, 15) is 4.79 Å². The highest BCUT2D eigenvalue weighted by molar-refractivity contribution is 7.99. The number of carbonyl (C=O) groups is 1. The Labute approximate surface area is 194 Å². The van der Waals surface area contributed by atoms with Crippen molar-refractivity contribution in [2.24, 2.45) is 5.92 Å². The molecule has 2 heterocycles. The summed E-state index contributed by atoms with van der Waals surface area (Å²) < 4.78 is 2.40. The predicted molar refractivity (Wildman–Crippen MR) is 129 cm³/mol. The smallest absolute Gasteiger partial charge is 0.219 e. The Hall–Kier alpha value is -2.78. The SMILES string of the molecule is CC(=O)N1CCC(Cn2c(C(C)(C)C)nc3cc(Sc4cccc(C#N)c4)ccc32)CC1. The number of imidazole rings is 1. The molecule has 1 amide bonds. The Morgan fingerprint density at radius 3 is 2.53 bits per heavy atom. The first-order valence-electron chi connectivity index (χ1n) is 11.2. The van der Waals surface area contributed by atoms with Crippen LogP contribution in [0.25, 0.3) is 11.0 Å². The molecular formula is C26H30N4OS. The number of piperidine rings is 1. The number of fused-ring (bicyclic) bond motifs is 1. The predicted octanol–water partition coefficient (Wildman–Crippen LogP) is 5.62. The Kier molecular flexibility index (Phi) is 6.30. The summed E-state index contributed by atoms with van der Waals surface area (Å²) in [6, 6.07) is 16.4. The van der Waals surface area contributed by atoms with Gasteiger partial charge in [-0.25, -0.2) is 4.98 Å². The summed E-state index contributed by atoms with van der Waals surface area (Å²) >= 11 is 1.66. The first kappa shape index (κ1) is 22.4. The maximum absolute atomic E-state index is 11.7. The van der Waals surface area contributed by atoms with Crippen molar-refractivity contribution in [3.05, 3.63) is 53.9 Å². The molecule has 2 aromatic carbocycles. The lowest BCUT2D eigenvalue weighted by Gasteiger charge is -2.32. The van der Waals surface area contributed by atoms with Crippen LogP contribution in [0.2, 0.25) is 0 Å². The zero-order valence-corrected chi connectivity index (χ0v) is 20.1. The van der Waals surface area contributed by atoms with Crippen molar-refractivity contribution in [3.8, 4) is 6.07 Å². The van der Waals surface area contributed by atoms with Crippen molar-refractivity contribution >= 4 is 28.7 Å². The Morgan fingerprint density at radius 1 is 1.16 bits per heavy atom. The molecule has 3 aromatic rings. The van der Waals surface area contributed by atoms with Gasteiger partial charge in [-0.2, -0.15) is 5.26 Å². The average Bonchev–Trinajstić information content (AvgIpc) is 3.12. The van der Waals surface area contributed by atoms with Crippen LogP contribution >= 0.6 is 11.8 Å². The number of aromatic nitrogens is 2. The van der Waals surface area contributed by atoms with E-state index in [1.54, 1.807) is 18.7 Å². The van der Waals surface area contributed by atoms with Crippen molar-refractivity contribution in [2.75, 3.05) is 13.1 Å². The molecule has 0 radical (unpaired) electrons. The molecule has 0 spiro atoms. The Bertz CT molecular complexity index is 1180. The van der Waals surface area contributed by atoms with Gasteiger partial charge in [0.05, 0.1) is 22.7 Å². The van der Waals surface area contributed by atoms with Crippen LogP contribution in [-0.4, -0.2) is 33.4 Å². The summed E-state index contributed by atoms with van der Waals surface area (Å²) in [7, 11) is 0. The second-order valence-corrected chi connectivity index (χ2v) is 10.8. The molecule has 0 unspecified atom stereocenters. The normalized spacial score (nSPS) is 15.2. The van der Waals surface area contributed by atoms with Gasteiger partial charge in [0, 0.05) is 41.8 Å². The number of nitriles is 1. The summed E-state index contributed by atoms with van der Waals surface area (Å²) in [6.45, 7) is 10.9. The van der Waals surface area contributed by atoms with Crippen LogP contribution in [0.3, 0.4) is 0 Å². The van der Waals surface area contributed by atoms with Gasteiger partial charge in [0.25, 0.3) is 0 Å². The van der Waals surface area contributed by atoms with Crippen molar-refractivity contribution < 1.29 is 4.79 Å². The number of carbonyl (C=O) groups excluding carboxylic acids is 1. The Morgan fingerprint density at radius 2 is 1.88 bits per heavy atom. The fourth-order valence-corrected chi connectivity index (χ4v) is 5.30. The van der Waals surface area contributed by atoms with Gasteiger partial charge >= 0.3 is 0 Å². The molecular weight excluding hydrogens is 416 g/mol. The minimum absolute atomic E-state index is 0.0620. The number of nitrogens with zero attached hydrogens (tertiary/aromatic N) is 4. The summed E-state index contributed by atoms with van der Waals surface area (Å²) in [4.78, 5) is 20.9. The van der Waals surface area contributed by atoms with Gasteiger partial charge < -0.3 is 9.47 Å². The molecule has 5 nitrogen and oxygen atoms in total. The van der Waals surface area contributed by atoms with Crippen molar-refractivity contribution in [3.63, 3.8) is 0 Å². The van der Waals surface area contributed by atoms with Crippen molar-refractivity contribution in [2.45, 2.75) is 62.3 Å². The number of hydrogen-bond acceptors (Lipinski definition) is 4. The lowest BCUT2D eigenvalue weighted by Crippen LogP contribution is -2.38. The molecule has 0 bridgehead atoms. The molecule has 1 aliphatic rings. The van der Waals surface area contributed by atoms with E-state index in [1.807, 2.05) is 29.2 Å². The minimum atomic E-state index is -0.0620. The maximum atomic E-state index is 11.7. The fraction of sp³-hybridized carbons (Fsp3) is 0.423. The largest absolute Gasteiger partial charge is 0.343 e. The Balaban J connectivity index is 1.62. The van der Waals surface area contributed by atoms with Gasteiger partial charge in [0.1, 0.15) is 5.82 Å². The number of hydrogen-bond donors (Lipinski definition) is 0. The second kappa shape index (κ2) is 8.99. The summed E-state index contributed by atoms with van der Waals surface area (Å²) in [5, 5.41) is 9.16. The van der Waals surface area contributed by atoms with E-state index in [0.717, 1.165) is 53.6 Å². The third-order valence-corrected chi connectivity index (χ3v) is 7.07. The highest BCUT2D eigenvalue weighted by Crippen LogP contribution is 2.34. The topological polar surface area (TPSA) is 61.9 Å². The zero-order chi connectivity index (χ0) is 22.9. The molecule has 1 aliphatic heterocycles. The van der Waals surface area contributed by atoms with Gasteiger partial charge in [0.2, 0.25) is 5.91 Å². The summed E-state index contributed by atoms with van der Waals surface area (Å²) in [6.07, 6.45) is 2.07. The zero-order valence-electron chi connectivity index (χ0n) is 19.3. The molecule has 32 heavy (non-hydrogen) atoms. The van der Waals surface area contributed by atoms with Crippen molar-refractivity contribution in [1.29, 1.82) is 5.26 Å². The van der Waals surface area contributed by atoms with Gasteiger partial charge in [-0.15, -0.1) is 0 Å². The highest BCUT2D eigenvalue weighted by atomic mass is 32.2. The van der Waals surface area contributed by atoms with Crippen LogP contribution in [0.5, 0.6) is 0 Å². The van der Waals surface area contributed by atoms with Crippen LogP contribution in [0, 0.1) is 17.2 Å². The van der Waals surface area contributed by atoms with Crippen LogP contribution in [0.1, 0.15) is 51.9 Å². The van der Waals surface area contributed by atoms with E-state index in [2.05, 4.69) is 49.6 Å². The van der Waals surface area contributed by atoms with E-state index in [1.165, 1.54) is 5.52 Å². The molecule has 0 N–H and O–H groups in total. The number of amides is 1. The highest BCUT2D eigenvalue weighted by Gasteiger charge is 2.27. The molecule has 0 aliphatic carbocycles. The van der Waals surface area contributed by atoms with E-state index >= 15 is 0 Å². The van der Waals surface area contributed by atoms with Gasteiger partial charge in [-0.3, -0.25) is 4.79 Å². The van der Waals surface area contributed by atoms with E-state index in [4.69, 9.17) is 10.2 Å². The minimum Gasteiger partial charge on any atom is -0.343 e. The number of benzene rings is 2.